The van der Waals surface area contributed by atoms with Crippen LogP contribution < -0.4 is 11.1 Å². The van der Waals surface area contributed by atoms with Crippen LogP contribution in [0.15, 0.2) is 18.2 Å². The van der Waals surface area contributed by atoms with Gasteiger partial charge in [0.1, 0.15) is 10.7 Å². The molecular formula is C13H13FN2OS. The van der Waals surface area contributed by atoms with Gasteiger partial charge in [0.2, 0.25) is 0 Å². The van der Waals surface area contributed by atoms with Gasteiger partial charge in [-0.25, -0.2) is 4.39 Å². The molecule has 5 heteroatoms. The van der Waals surface area contributed by atoms with Crippen molar-refractivity contribution in [2.75, 3.05) is 5.73 Å². The maximum atomic E-state index is 13.7. The summed E-state index contributed by atoms with van der Waals surface area (Å²) in [7, 11) is 0. The van der Waals surface area contributed by atoms with Gasteiger partial charge in [-0.05, 0) is 24.5 Å². The van der Waals surface area contributed by atoms with Gasteiger partial charge in [0.15, 0.2) is 0 Å². The van der Waals surface area contributed by atoms with E-state index in [9.17, 15) is 9.18 Å². The van der Waals surface area contributed by atoms with Crippen molar-refractivity contribution < 1.29 is 9.18 Å². The van der Waals surface area contributed by atoms with Crippen LogP contribution in [0.2, 0.25) is 0 Å². The first-order chi connectivity index (χ1) is 8.58. The lowest BCUT2D eigenvalue weighted by atomic mass is 10.2. The van der Waals surface area contributed by atoms with Crippen molar-refractivity contribution in [2.24, 2.45) is 5.92 Å². The fourth-order valence-corrected chi connectivity index (χ4v) is 3.09. The van der Waals surface area contributed by atoms with Crippen molar-refractivity contribution in [2.45, 2.75) is 19.4 Å². The van der Waals surface area contributed by atoms with E-state index in [1.807, 2.05) is 0 Å². The molecular weight excluding hydrogens is 251 g/mol. The molecule has 0 radical (unpaired) electrons. The van der Waals surface area contributed by atoms with Crippen molar-refractivity contribution in [1.29, 1.82) is 0 Å². The highest BCUT2D eigenvalue weighted by molar-refractivity contribution is 7.21. The van der Waals surface area contributed by atoms with Gasteiger partial charge in [0.25, 0.3) is 5.91 Å². The third-order valence-corrected chi connectivity index (χ3v) is 4.50. The first-order valence-electron chi connectivity index (χ1n) is 5.85. The second kappa shape index (κ2) is 3.95. The van der Waals surface area contributed by atoms with Crippen molar-refractivity contribution >= 4 is 33.0 Å². The van der Waals surface area contributed by atoms with Gasteiger partial charge in [-0.1, -0.05) is 13.0 Å². The largest absolute Gasteiger partial charge is 0.397 e. The van der Waals surface area contributed by atoms with E-state index in [0.717, 1.165) is 6.42 Å². The molecule has 3 nitrogen and oxygen atoms in total. The van der Waals surface area contributed by atoms with Crippen LogP contribution in [0.3, 0.4) is 0 Å². The predicted octanol–water partition coefficient (Wildman–Crippen LogP) is 2.76. The number of hydrogen-bond donors (Lipinski definition) is 2. The molecule has 0 saturated heterocycles. The Hall–Kier alpha value is -1.62. The Morgan fingerprint density at radius 3 is 2.89 bits per heavy atom. The molecule has 1 amide bonds. The van der Waals surface area contributed by atoms with Crippen LogP contribution in [0.1, 0.15) is 23.0 Å². The smallest absolute Gasteiger partial charge is 0.263 e. The maximum absolute atomic E-state index is 13.7. The Morgan fingerprint density at radius 2 is 2.28 bits per heavy atom. The number of nitrogen functional groups attached to an aromatic ring is 1. The van der Waals surface area contributed by atoms with E-state index in [1.54, 1.807) is 12.1 Å². The summed E-state index contributed by atoms with van der Waals surface area (Å²) in [6.07, 6.45) is 1.00. The summed E-state index contributed by atoms with van der Waals surface area (Å²) >= 11 is 1.24. The SMILES string of the molecule is CC1CC1NC(=O)c1sc2cccc(F)c2c1N. The van der Waals surface area contributed by atoms with E-state index in [2.05, 4.69) is 12.2 Å². The van der Waals surface area contributed by atoms with Crippen molar-refractivity contribution in [1.82, 2.24) is 5.32 Å². The van der Waals surface area contributed by atoms with Gasteiger partial charge in [0.05, 0.1) is 11.1 Å². The lowest BCUT2D eigenvalue weighted by molar-refractivity contribution is 0.0954. The fraction of sp³-hybridized carbons (Fsp3) is 0.308. The van der Waals surface area contributed by atoms with E-state index in [4.69, 9.17) is 5.73 Å². The highest BCUT2D eigenvalue weighted by Crippen LogP contribution is 2.36. The molecule has 3 N–H and O–H groups in total. The van der Waals surface area contributed by atoms with Gasteiger partial charge in [0, 0.05) is 10.7 Å². The molecule has 1 aromatic heterocycles. The molecule has 2 unspecified atom stereocenters. The van der Waals surface area contributed by atoms with Gasteiger partial charge in [-0.15, -0.1) is 11.3 Å². The summed E-state index contributed by atoms with van der Waals surface area (Å²) in [5.74, 6) is -0.0381. The van der Waals surface area contributed by atoms with E-state index in [0.29, 0.717) is 20.9 Å². The van der Waals surface area contributed by atoms with Gasteiger partial charge < -0.3 is 11.1 Å². The number of carbonyl (C=O) groups excluding carboxylic acids is 1. The number of thiophene rings is 1. The molecule has 2 aromatic rings. The zero-order valence-electron chi connectivity index (χ0n) is 9.87. The molecule has 1 aromatic carbocycles. The van der Waals surface area contributed by atoms with Gasteiger partial charge in [-0.3, -0.25) is 4.79 Å². The molecule has 0 aliphatic heterocycles. The molecule has 2 atom stereocenters. The number of amides is 1. The summed E-state index contributed by atoms with van der Waals surface area (Å²) in [5, 5.41) is 3.27. The highest BCUT2D eigenvalue weighted by atomic mass is 32.1. The molecule has 1 aliphatic rings. The summed E-state index contributed by atoms with van der Waals surface area (Å²) in [6, 6.07) is 5.00. The number of nitrogens with two attached hydrogens (primary N) is 1. The third-order valence-electron chi connectivity index (χ3n) is 3.33. The van der Waals surface area contributed by atoms with Crippen LogP contribution in [0.4, 0.5) is 10.1 Å². The van der Waals surface area contributed by atoms with Gasteiger partial charge in [-0.2, -0.15) is 0 Å². The Morgan fingerprint density at radius 1 is 1.56 bits per heavy atom. The maximum Gasteiger partial charge on any atom is 0.263 e. The Kier molecular flexibility index (Phi) is 2.52. The van der Waals surface area contributed by atoms with Gasteiger partial charge >= 0.3 is 0 Å². The van der Waals surface area contributed by atoms with Crippen molar-refractivity contribution in [3.63, 3.8) is 0 Å². The first-order valence-corrected chi connectivity index (χ1v) is 6.67. The van der Waals surface area contributed by atoms with E-state index in [-0.39, 0.29) is 23.5 Å². The number of nitrogens with one attached hydrogen (secondary N) is 1. The molecule has 94 valence electrons. The molecule has 1 aliphatic carbocycles. The van der Waals surface area contributed by atoms with Crippen LogP contribution in [-0.2, 0) is 0 Å². The summed E-state index contributed by atoms with van der Waals surface area (Å²) in [5.41, 5.74) is 6.13. The second-order valence-corrected chi connectivity index (χ2v) is 5.80. The quantitative estimate of drug-likeness (QED) is 0.876. The summed E-state index contributed by atoms with van der Waals surface area (Å²) in [6.45, 7) is 2.08. The average molecular weight is 264 g/mol. The molecule has 1 fully saturated rings. The minimum absolute atomic E-state index is 0.192. The van der Waals surface area contributed by atoms with Crippen molar-refractivity contribution in [3.05, 3.63) is 28.9 Å². The highest BCUT2D eigenvalue weighted by Gasteiger charge is 2.34. The number of carbonyl (C=O) groups is 1. The third kappa shape index (κ3) is 1.75. The Bertz CT molecular complexity index is 637. The standard InChI is InChI=1S/C13H13FN2OS/c1-6-5-8(6)16-13(17)12-11(15)10-7(14)3-2-4-9(10)18-12/h2-4,6,8H,5,15H2,1H3,(H,16,17). The summed E-state index contributed by atoms with van der Waals surface area (Å²) in [4.78, 5) is 12.5. The topological polar surface area (TPSA) is 55.1 Å². The molecule has 18 heavy (non-hydrogen) atoms. The number of halogens is 1. The molecule has 3 rings (SSSR count). The minimum atomic E-state index is -0.375. The molecule has 1 heterocycles. The lowest BCUT2D eigenvalue weighted by Crippen LogP contribution is -2.26. The fourth-order valence-electron chi connectivity index (χ4n) is 2.06. The molecule has 1 saturated carbocycles. The van der Waals surface area contributed by atoms with Crippen LogP contribution in [-0.4, -0.2) is 11.9 Å². The van der Waals surface area contributed by atoms with Crippen LogP contribution in [0.25, 0.3) is 10.1 Å². The summed E-state index contributed by atoms with van der Waals surface area (Å²) < 4.78 is 14.4. The first kappa shape index (κ1) is 11.5. The number of hydrogen-bond acceptors (Lipinski definition) is 3. The Balaban J connectivity index is 1.99. The predicted molar refractivity (Wildman–Crippen MR) is 71.2 cm³/mol. The Labute approximate surface area is 108 Å². The zero-order valence-corrected chi connectivity index (χ0v) is 10.7. The average Bonchev–Trinajstić information content (AvgIpc) is 2.87. The number of anilines is 1. The molecule has 0 spiro atoms. The van der Waals surface area contributed by atoms with E-state index < -0.39 is 0 Å². The lowest BCUT2D eigenvalue weighted by Gasteiger charge is -2.02. The van der Waals surface area contributed by atoms with E-state index >= 15 is 0 Å². The number of rotatable bonds is 2. The van der Waals surface area contributed by atoms with E-state index in [1.165, 1.54) is 17.4 Å². The van der Waals surface area contributed by atoms with Crippen LogP contribution >= 0.6 is 11.3 Å². The number of fused-ring (bicyclic) bond motifs is 1. The van der Waals surface area contributed by atoms with Crippen LogP contribution in [0.5, 0.6) is 0 Å². The monoisotopic (exact) mass is 264 g/mol. The minimum Gasteiger partial charge on any atom is -0.397 e. The van der Waals surface area contributed by atoms with Crippen LogP contribution in [0, 0.1) is 11.7 Å². The second-order valence-electron chi connectivity index (χ2n) is 4.75. The zero-order chi connectivity index (χ0) is 12.9. The van der Waals surface area contributed by atoms with Crippen molar-refractivity contribution in [3.8, 4) is 0 Å². The molecule has 0 bridgehead atoms. The normalized spacial score (nSPS) is 22.1. The number of benzene rings is 1.